The Hall–Kier alpha value is -2.48. The molecular formula is C16H18N4O3S. The fourth-order valence-electron chi connectivity index (χ4n) is 2.88. The van der Waals surface area contributed by atoms with Crippen LogP contribution >= 0.6 is 11.5 Å². The zero-order valence-corrected chi connectivity index (χ0v) is 13.8. The molecule has 7 nitrogen and oxygen atoms in total. The van der Waals surface area contributed by atoms with Gasteiger partial charge in [-0.2, -0.15) is 0 Å². The number of amides is 2. The summed E-state index contributed by atoms with van der Waals surface area (Å²) in [6.45, 7) is 1.33. The second-order valence-corrected chi connectivity index (χ2v) is 6.56. The van der Waals surface area contributed by atoms with Crippen molar-refractivity contribution in [3.8, 4) is 0 Å². The zero-order valence-electron chi connectivity index (χ0n) is 13.0. The average Bonchev–Trinajstić information content (AvgIpc) is 3.05. The molecule has 1 aromatic heterocycles. The molecule has 24 heavy (non-hydrogen) atoms. The molecule has 0 saturated carbocycles. The number of aromatic nitrogens is 2. The van der Waals surface area contributed by atoms with Gasteiger partial charge in [0.05, 0.1) is 0 Å². The number of rotatable bonds is 4. The highest BCUT2D eigenvalue weighted by atomic mass is 32.1. The SMILES string of the molecule is O=C(O)c1nnsc1NC(=O)N1CCC(Cc2ccccc2)CC1. The number of nitrogens with zero attached hydrogens (tertiary/aromatic N) is 3. The van der Waals surface area contributed by atoms with Gasteiger partial charge in [0.25, 0.3) is 0 Å². The minimum absolute atomic E-state index is 0.180. The number of nitrogens with one attached hydrogen (secondary N) is 1. The summed E-state index contributed by atoms with van der Waals surface area (Å²) in [5.41, 5.74) is 1.11. The fourth-order valence-corrected chi connectivity index (χ4v) is 3.43. The highest BCUT2D eigenvalue weighted by molar-refractivity contribution is 7.10. The van der Waals surface area contributed by atoms with Gasteiger partial charge in [0.1, 0.15) is 0 Å². The summed E-state index contributed by atoms with van der Waals surface area (Å²) in [6.07, 6.45) is 2.91. The Morgan fingerprint density at radius 3 is 2.62 bits per heavy atom. The van der Waals surface area contributed by atoms with Gasteiger partial charge in [-0.3, -0.25) is 5.32 Å². The highest BCUT2D eigenvalue weighted by Gasteiger charge is 2.25. The number of hydrogen-bond donors (Lipinski definition) is 2. The van der Waals surface area contributed by atoms with E-state index in [2.05, 4.69) is 27.0 Å². The van der Waals surface area contributed by atoms with Crippen LogP contribution in [0.25, 0.3) is 0 Å². The van der Waals surface area contributed by atoms with Crippen molar-refractivity contribution in [2.24, 2.45) is 5.92 Å². The van der Waals surface area contributed by atoms with Crippen molar-refractivity contribution in [3.05, 3.63) is 41.6 Å². The lowest BCUT2D eigenvalue weighted by Gasteiger charge is -2.31. The maximum Gasteiger partial charge on any atom is 0.359 e. The number of benzene rings is 1. The Morgan fingerprint density at radius 1 is 1.25 bits per heavy atom. The van der Waals surface area contributed by atoms with Crippen LogP contribution in [0, 0.1) is 5.92 Å². The number of anilines is 1. The molecule has 0 atom stereocenters. The third-order valence-corrected chi connectivity index (χ3v) is 4.82. The molecule has 2 amide bonds. The van der Waals surface area contributed by atoms with Crippen LogP contribution in [-0.2, 0) is 6.42 Å². The van der Waals surface area contributed by atoms with Crippen molar-refractivity contribution in [1.29, 1.82) is 0 Å². The van der Waals surface area contributed by atoms with Crippen molar-refractivity contribution in [3.63, 3.8) is 0 Å². The first-order valence-electron chi connectivity index (χ1n) is 7.79. The number of carboxylic acids is 1. The summed E-state index contributed by atoms with van der Waals surface area (Å²) in [7, 11) is 0. The topological polar surface area (TPSA) is 95.4 Å². The van der Waals surface area contributed by atoms with E-state index in [0.717, 1.165) is 30.8 Å². The quantitative estimate of drug-likeness (QED) is 0.887. The predicted molar refractivity (Wildman–Crippen MR) is 90.3 cm³/mol. The second kappa shape index (κ2) is 7.39. The Balaban J connectivity index is 1.52. The van der Waals surface area contributed by atoms with Gasteiger partial charge < -0.3 is 10.0 Å². The third kappa shape index (κ3) is 3.88. The summed E-state index contributed by atoms with van der Waals surface area (Å²) in [5.74, 6) is -0.628. The first kappa shape index (κ1) is 16.4. The molecule has 1 fully saturated rings. The normalized spacial score (nSPS) is 15.2. The van der Waals surface area contributed by atoms with Gasteiger partial charge >= 0.3 is 12.0 Å². The lowest BCUT2D eigenvalue weighted by molar-refractivity contribution is 0.0691. The molecule has 1 aliphatic rings. The first-order chi connectivity index (χ1) is 11.6. The summed E-state index contributed by atoms with van der Waals surface area (Å²) in [5, 5.41) is 15.3. The molecule has 1 aliphatic heterocycles. The van der Waals surface area contributed by atoms with Crippen molar-refractivity contribution in [2.45, 2.75) is 19.3 Å². The highest BCUT2D eigenvalue weighted by Crippen LogP contribution is 2.23. The van der Waals surface area contributed by atoms with E-state index >= 15 is 0 Å². The number of likely N-dealkylation sites (tertiary alicyclic amines) is 1. The number of carbonyl (C=O) groups is 2. The van der Waals surface area contributed by atoms with Crippen LogP contribution in [0.1, 0.15) is 28.9 Å². The first-order valence-corrected chi connectivity index (χ1v) is 8.56. The van der Waals surface area contributed by atoms with E-state index in [-0.39, 0.29) is 16.7 Å². The Kier molecular flexibility index (Phi) is 5.05. The molecule has 0 aliphatic carbocycles. The molecule has 2 heterocycles. The molecule has 0 radical (unpaired) electrons. The van der Waals surface area contributed by atoms with Crippen LogP contribution in [0.4, 0.5) is 9.80 Å². The lowest BCUT2D eigenvalue weighted by Crippen LogP contribution is -2.41. The van der Waals surface area contributed by atoms with E-state index < -0.39 is 5.97 Å². The maximum absolute atomic E-state index is 12.3. The predicted octanol–water partition coefficient (Wildman–Crippen LogP) is 2.72. The van der Waals surface area contributed by atoms with Crippen molar-refractivity contribution in [2.75, 3.05) is 18.4 Å². The van der Waals surface area contributed by atoms with Crippen molar-refractivity contribution in [1.82, 2.24) is 14.5 Å². The van der Waals surface area contributed by atoms with E-state index in [9.17, 15) is 9.59 Å². The monoisotopic (exact) mass is 346 g/mol. The fraction of sp³-hybridized carbons (Fsp3) is 0.375. The minimum atomic E-state index is -1.19. The standard InChI is InChI=1S/C16H18N4O3S/c21-15(22)13-14(24-19-18-13)17-16(23)20-8-6-12(7-9-20)10-11-4-2-1-3-5-11/h1-5,12H,6-10H2,(H,17,23)(H,21,22). The molecule has 3 rings (SSSR count). The van der Waals surface area contributed by atoms with Crippen LogP contribution < -0.4 is 5.32 Å². The molecule has 2 N–H and O–H groups in total. The largest absolute Gasteiger partial charge is 0.476 e. The van der Waals surface area contributed by atoms with E-state index in [1.807, 2.05) is 18.2 Å². The Morgan fingerprint density at radius 2 is 1.96 bits per heavy atom. The van der Waals surface area contributed by atoms with Gasteiger partial charge in [-0.05, 0) is 30.7 Å². The molecular weight excluding hydrogens is 328 g/mol. The summed E-state index contributed by atoms with van der Waals surface area (Å²) in [6, 6.07) is 10.1. The zero-order chi connectivity index (χ0) is 16.9. The minimum Gasteiger partial charge on any atom is -0.476 e. The van der Waals surface area contributed by atoms with E-state index in [1.54, 1.807) is 4.90 Å². The van der Waals surface area contributed by atoms with Crippen LogP contribution in [-0.4, -0.2) is 44.7 Å². The van der Waals surface area contributed by atoms with Crippen LogP contribution in [0.5, 0.6) is 0 Å². The molecule has 1 aromatic carbocycles. The van der Waals surface area contributed by atoms with Gasteiger partial charge in [-0.15, -0.1) is 5.10 Å². The van der Waals surface area contributed by atoms with Crippen LogP contribution in [0.15, 0.2) is 30.3 Å². The number of piperidine rings is 1. The molecule has 0 bridgehead atoms. The number of aromatic carboxylic acids is 1. The molecule has 0 spiro atoms. The molecule has 1 saturated heterocycles. The summed E-state index contributed by atoms with van der Waals surface area (Å²) in [4.78, 5) is 25.0. The van der Waals surface area contributed by atoms with Gasteiger partial charge in [0.15, 0.2) is 5.00 Å². The molecule has 2 aromatic rings. The van der Waals surface area contributed by atoms with E-state index in [1.165, 1.54) is 5.56 Å². The average molecular weight is 346 g/mol. The van der Waals surface area contributed by atoms with Gasteiger partial charge in [-0.1, -0.05) is 34.8 Å². The van der Waals surface area contributed by atoms with Crippen molar-refractivity contribution < 1.29 is 14.7 Å². The number of carbonyl (C=O) groups excluding carboxylic acids is 1. The maximum atomic E-state index is 12.3. The van der Waals surface area contributed by atoms with Gasteiger partial charge in [-0.25, -0.2) is 9.59 Å². The van der Waals surface area contributed by atoms with Crippen molar-refractivity contribution >= 4 is 28.5 Å². The third-order valence-electron chi connectivity index (χ3n) is 4.18. The number of urea groups is 1. The summed E-state index contributed by atoms with van der Waals surface area (Å²) < 4.78 is 3.58. The Labute approximate surface area is 143 Å². The lowest BCUT2D eigenvalue weighted by atomic mass is 9.90. The molecule has 0 unspecified atom stereocenters. The van der Waals surface area contributed by atoms with E-state index in [4.69, 9.17) is 5.11 Å². The van der Waals surface area contributed by atoms with Gasteiger partial charge in [0, 0.05) is 24.6 Å². The number of carboxylic acid groups (broad SMARTS) is 1. The second-order valence-electron chi connectivity index (χ2n) is 5.81. The van der Waals surface area contributed by atoms with Crippen LogP contribution in [0.3, 0.4) is 0 Å². The Bertz CT molecular complexity index is 711. The van der Waals surface area contributed by atoms with Crippen LogP contribution in [0.2, 0.25) is 0 Å². The summed E-state index contributed by atoms with van der Waals surface area (Å²) >= 11 is 0.872. The van der Waals surface area contributed by atoms with E-state index in [0.29, 0.717) is 19.0 Å². The smallest absolute Gasteiger partial charge is 0.359 e. The van der Waals surface area contributed by atoms with Gasteiger partial charge in [0.2, 0.25) is 5.69 Å². The molecule has 8 heteroatoms. The molecule has 126 valence electrons. The number of hydrogen-bond acceptors (Lipinski definition) is 5.